The Morgan fingerprint density at radius 1 is 0.944 bits per heavy atom. The minimum absolute atomic E-state index is 0.105. The van der Waals surface area contributed by atoms with Gasteiger partial charge in [-0.3, -0.25) is 14.7 Å². The van der Waals surface area contributed by atoms with Crippen LogP contribution in [0.5, 0.6) is 0 Å². The number of para-hydroxylation sites is 2. The number of fused-ring (bicyclic) bond motifs is 1. The number of anilines is 2. The maximum atomic E-state index is 12.2. The number of amides is 1. The maximum absolute atomic E-state index is 12.2. The molecule has 88 valence electrons. The molecule has 2 aromatic carbocycles. The van der Waals surface area contributed by atoms with Crippen molar-refractivity contribution in [1.82, 2.24) is 0 Å². The molecule has 3 rings (SSSR count). The molecular formula is C15H12N2O. The summed E-state index contributed by atoms with van der Waals surface area (Å²) in [5.74, 6) is -0.105. The Balaban J connectivity index is 2.17. The Bertz CT molecular complexity index is 605. The van der Waals surface area contributed by atoms with E-state index >= 15 is 0 Å². The standard InChI is InChI=1S/C15H12N2O/c18-15-11-16-10-12-6-4-5-9-14(12)17(15)13-7-2-1-3-8-13/h1-9,11H,10H2. The third-order valence-electron chi connectivity index (χ3n) is 2.93. The summed E-state index contributed by atoms with van der Waals surface area (Å²) in [4.78, 5) is 18.0. The molecule has 0 atom stereocenters. The molecule has 0 saturated carbocycles. The number of benzene rings is 2. The van der Waals surface area contributed by atoms with Crippen molar-refractivity contribution in [2.24, 2.45) is 4.99 Å². The quantitative estimate of drug-likeness (QED) is 0.749. The van der Waals surface area contributed by atoms with E-state index in [9.17, 15) is 4.79 Å². The lowest BCUT2D eigenvalue weighted by molar-refractivity contribution is -0.111. The normalized spacial score (nSPS) is 14.2. The number of nitrogens with zero attached hydrogens (tertiary/aromatic N) is 2. The number of aliphatic imine (C=N–C) groups is 1. The van der Waals surface area contributed by atoms with E-state index in [1.165, 1.54) is 6.21 Å². The van der Waals surface area contributed by atoms with E-state index in [1.54, 1.807) is 4.90 Å². The summed E-state index contributed by atoms with van der Waals surface area (Å²) < 4.78 is 0. The summed E-state index contributed by atoms with van der Waals surface area (Å²) in [6, 6.07) is 17.5. The topological polar surface area (TPSA) is 32.7 Å². The van der Waals surface area contributed by atoms with Gasteiger partial charge in [-0.15, -0.1) is 0 Å². The van der Waals surface area contributed by atoms with Crippen LogP contribution < -0.4 is 4.90 Å². The summed E-state index contributed by atoms with van der Waals surface area (Å²) in [7, 11) is 0. The number of carbonyl (C=O) groups excluding carboxylic acids is 1. The van der Waals surface area contributed by atoms with Crippen LogP contribution in [0.2, 0.25) is 0 Å². The predicted octanol–water partition coefficient (Wildman–Crippen LogP) is 2.94. The van der Waals surface area contributed by atoms with Gasteiger partial charge in [0, 0.05) is 5.69 Å². The first-order valence-electron chi connectivity index (χ1n) is 5.83. The Morgan fingerprint density at radius 2 is 1.67 bits per heavy atom. The second kappa shape index (κ2) is 4.45. The molecule has 1 aliphatic rings. The molecule has 2 aromatic rings. The molecule has 18 heavy (non-hydrogen) atoms. The van der Waals surface area contributed by atoms with Gasteiger partial charge in [-0.1, -0.05) is 36.4 Å². The fourth-order valence-corrected chi connectivity index (χ4v) is 2.10. The minimum atomic E-state index is -0.105. The zero-order valence-corrected chi connectivity index (χ0v) is 9.78. The van der Waals surface area contributed by atoms with Crippen LogP contribution in [0.1, 0.15) is 5.56 Å². The molecule has 0 saturated heterocycles. The van der Waals surface area contributed by atoms with Crippen molar-refractivity contribution in [1.29, 1.82) is 0 Å². The SMILES string of the molecule is O=C1C=NCc2ccccc2N1c1ccccc1. The van der Waals surface area contributed by atoms with E-state index < -0.39 is 0 Å². The van der Waals surface area contributed by atoms with Gasteiger partial charge in [0.1, 0.15) is 0 Å². The van der Waals surface area contributed by atoms with Crippen LogP contribution >= 0.6 is 0 Å². The molecule has 0 N–H and O–H groups in total. The second-order valence-corrected chi connectivity index (χ2v) is 4.11. The highest BCUT2D eigenvalue weighted by molar-refractivity contribution is 6.35. The summed E-state index contributed by atoms with van der Waals surface area (Å²) in [6.07, 6.45) is 1.40. The van der Waals surface area contributed by atoms with Crippen molar-refractivity contribution in [2.75, 3.05) is 4.90 Å². The lowest BCUT2D eigenvalue weighted by atomic mass is 10.1. The predicted molar refractivity (Wildman–Crippen MR) is 72.2 cm³/mol. The Morgan fingerprint density at radius 3 is 2.50 bits per heavy atom. The van der Waals surface area contributed by atoms with Crippen LogP contribution in [-0.4, -0.2) is 12.1 Å². The molecular weight excluding hydrogens is 224 g/mol. The third-order valence-corrected chi connectivity index (χ3v) is 2.93. The van der Waals surface area contributed by atoms with Crippen LogP contribution in [0.25, 0.3) is 0 Å². The number of hydrogen-bond acceptors (Lipinski definition) is 2. The van der Waals surface area contributed by atoms with E-state index in [-0.39, 0.29) is 5.91 Å². The van der Waals surface area contributed by atoms with Crippen LogP contribution in [0.3, 0.4) is 0 Å². The third kappa shape index (κ3) is 1.80. The first-order valence-corrected chi connectivity index (χ1v) is 5.83. The second-order valence-electron chi connectivity index (χ2n) is 4.11. The molecule has 0 radical (unpaired) electrons. The molecule has 0 aromatic heterocycles. The van der Waals surface area contributed by atoms with Crippen LogP contribution in [0.4, 0.5) is 11.4 Å². The maximum Gasteiger partial charge on any atom is 0.273 e. The largest absolute Gasteiger partial charge is 0.283 e. The molecule has 1 heterocycles. The van der Waals surface area contributed by atoms with Gasteiger partial charge in [-0.05, 0) is 23.8 Å². The Hall–Kier alpha value is -2.42. The van der Waals surface area contributed by atoms with Gasteiger partial charge in [-0.2, -0.15) is 0 Å². The zero-order valence-electron chi connectivity index (χ0n) is 9.78. The Labute approximate surface area is 105 Å². The summed E-state index contributed by atoms with van der Waals surface area (Å²) in [5.41, 5.74) is 2.83. The molecule has 1 aliphatic heterocycles. The summed E-state index contributed by atoms with van der Waals surface area (Å²) in [6.45, 7) is 0.547. The smallest absolute Gasteiger partial charge is 0.273 e. The highest BCUT2D eigenvalue weighted by Gasteiger charge is 2.20. The fourth-order valence-electron chi connectivity index (χ4n) is 2.10. The average molecular weight is 236 g/mol. The lowest BCUT2D eigenvalue weighted by Gasteiger charge is -2.21. The van der Waals surface area contributed by atoms with Crippen molar-refractivity contribution in [3.63, 3.8) is 0 Å². The van der Waals surface area contributed by atoms with Gasteiger partial charge < -0.3 is 0 Å². The lowest BCUT2D eigenvalue weighted by Crippen LogP contribution is -2.26. The van der Waals surface area contributed by atoms with Crippen LogP contribution in [0.15, 0.2) is 59.6 Å². The van der Waals surface area contributed by atoms with Crippen molar-refractivity contribution in [2.45, 2.75) is 6.54 Å². The van der Waals surface area contributed by atoms with E-state index in [0.717, 1.165) is 16.9 Å². The zero-order chi connectivity index (χ0) is 12.4. The van der Waals surface area contributed by atoms with Crippen molar-refractivity contribution >= 4 is 23.5 Å². The van der Waals surface area contributed by atoms with Gasteiger partial charge in [0.2, 0.25) is 0 Å². The summed E-state index contributed by atoms with van der Waals surface area (Å²) >= 11 is 0. The van der Waals surface area contributed by atoms with Crippen LogP contribution in [0, 0.1) is 0 Å². The first-order chi connectivity index (χ1) is 8.86. The van der Waals surface area contributed by atoms with Crippen molar-refractivity contribution in [3.05, 3.63) is 60.2 Å². The fraction of sp³-hybridized carbons (Fsp3) is 0.0667. The molecule has 0 unspecified atom stereocenters. The molecule has 3 heteroatoms. The van der Waals surface area contributed by atoms with E-state index in [1.807, 2.05) is 54.6 Å². The molecule has 1 amide bonds. The van der Waals surface area contributed by atoms with E-state index in [0.29, 0.717) is 6.54 Å². The Kier molecular flexibility index (Phi) is 2.65. The molecule has 0 fully saturated rings. The molecule has 0 bridgehead atoms. The van der Waals surface area contributed by atoms with Gasteiger partial charge in [-0.25, -0.2) is 0 Å². The van der Waals surface area contributed by atoms with Gasteiger partial charge in [0.05, 0.1) is 18.4 Å². The monoisotopic (exact) mass is 236 g/mol. The molecule has 3 nitrogen and oxygen atoms in total. The van der Waals surface area contributed by atoms with Crippen LogP contribution in [-0.2, 0) is 11.3 Å². The first kappa shape index (κ1) is 10.7. The highest BCUT2D eigenvalue weighted by Crippen LogP contribution is 2.30. The molecule has 0 spiro atoms. The van der Waals surface area contributed by atoms with E-state index in [2.05, 4.69) is 4.99 Å². The van der Waals surface area contributed by atoms with Gasteiger partial charge in [0.25, 0.3) is 5.91 Å². The number of rotatable bonds is 1. The number of hydrogen-bond donors (Lipinski definition) is 0. The van der Waals surface area contributed by atoms with Gasteiger partial charge in [0.15, 0.2) is 0 Å². The number of carbonyl (C=O) groups is 1. The molecule has 0 aliphatic carbocycles. The van der Waals surface area contributed by atoms with Crippen molar-refractivity contribution in [3.8, 4) is 0 Å². The summed E-state index contributed by atoms with van der Waals surface area (Å²) in [5, 5.41) is 0. The van der Waals surface area contributed by atoms with E-state index in [4.69, 9.17) is 0 Å². The highest BCUT2D eigenvalue weighted by atomic mass is 16.2. The average Bonchev–Trinajstić information content (AvgIpc) is 2.58. The van der Waals surface area contributed by atoms with Crippen molar-refractivity contribution < 1.29 is 4.79 Å². The minimum Gasteiger partial charge on any atom is -0.283 e. The van der Waals surface area contributed by atoms with Gasteiger partial charge >= 0.3 is 0 Å².